The Morgan fingerprint density at radius 1 is 1.11 bits per heavy atom. The Morgan fingerprint density at radius 3 is 2.42 bits per heavy atom. The fourth-order valence-electron chi connectivity index (χ4n) is 4.27. The quantitative estimate of drug-likeness (QED) is 0.824. The number of piperidine rings is 1. The first kappa shape index (κ1) is 14.8. The highest BCUT2D eigenvalue weighted by atomic mass is 16.2. The number of likely N-dealkylation sites (N-methyl/N-ethyl adjacent to an activating group) is 1. The Morgan fingerprint density at radius 2 is 1.79 bits per heavy atom. The maximum Gasteiger partial charge on any atom is 0.237 e. The van der Waals surface area contributed by atoms with Crippen LogP contribution in [0.3, 0.4) is 0 Å². The summed E-state index contributed by atoms with van der Waals surface area (Å²) in [6.07, 6.45) is 6.42. The highest BCUT2D eigenvalue weighted by Crippen LogP contribution is 2.40. The van der Waals surface area contributed by atoms with Gasteiger partial charge in [0.25, 0.3) is 0 Å². The number of carbonyl (C=O) groups is 1. The van der Waals surface area contributed by atoms with Crippen LogP contribution in [0.25, 0.3) is 0 Å². The fraction of sp³-hybridized carbons (Fsp3) is 0.938. The maximum atomic E-state index is 12.0. The summed E-state index contributed by atoms with van der Waals surface area (Å²) in [6.45, 7) is 8.52. The van der Waals surface area contributed by atoms with Crippen LogP contribution in [0.1, 0.15) is 52.9 Å². The van der Waals surface area contributed by atoms with E-state index in [0.29, 0.717) is 0 Å². The van der Waals surface area contributed by atoms with Gasteiger partial charge in [0.05, 0.1) is 6.04 Å². The average molecular weight is 266 g/mol. The molecule has 0 radical (unpaired) electrons. The van der Waals surface area contributed by atoms with E-state index in [1.54, 1.807) is 0 Å². The highest BCUT2D eigenvalue weighted by Gasteiger charge is 2.34. The lowest BCUT2D eigenvalue weighted by molar-refractivity contribution is -0.124. The SMILES string of the molecule is CCNC(=O)C1CC(C2CC(C)CC(C)C2)CCN1. The summed E-state index contributed by atoms with van der Waals surface area (Å²) < 4.78 is 0. The van der Waals surface area contributed by atoms with Crippen LogP contribution in [-0.4, -0.2) is 25.0 Å². The zero-order valence-corrected chi connectivity index (χ0v) is 12.7. The molecule has 2 N–H and O–H groups in total. The number of hydrogen-bond donors (Lipinski definition) is 2. The Bertz CT molecular complexity index is 295. The second-order valence-corrected chi connectivity index (χ2v) is 6.86. The maximum absolute atomic E-state index is 12.0. The van der Waals surface area contributed by atoms with Crippen molar-refractivity contribution in [1.82, 2.24) is 10.6 Å². The number of amides is 1. The van der Waals surface area contributed by atoms with E-state index in [2.05, 4.69) is 24.5 Å². The first-order chi connectivity index (χ1) is 9.10. The van der Waals surface area contributed by atoms with Crippen molar-refractivity contribution in [2.75, 3.05) is 13.1 Å². The minimum Gasteiger partial charge on any atom is -0.355 e. The summed E-state index contributed by atoms with van der Waals surface area (Å²) in [5, 5.41) is 6.34. The summed E-state index contributed by atoms with van der Waals surface area (Å²) in [4.78, 5) is 12.0. The van der Waals surface area contributed by atoms with Crippen molar-refractivity contribution in [3.05, 3.63) is 0 Å². The molecule has 2 rings (SSSR count). The van der Waals surface area contributed by atoms with Crippen molar-refractivity contribution in [3.8, 4) is 0 Å². The largest absolute Gasteiger partial charge is 0.355 e. The minimum absolute atomic E-state index is 0.0474. The van der Waals surface area contributed by atoms with E-state index >= 15 is 0 Å². The van der Waals surface area contributed by atoms with E-state index < -0.39 is 0 Å². The van der Waals surface area contributed by atoms with Gasteiger partial charge in [0.1, 0.15) is 0 Å². The predicted octanol–water partition coefficient (Wildman–Crippen LogP) is 2.56. The molecular formula is C16H30N2O. The second kappa shape index (κ2) is 6.74. The van der Waals surface area contributed by atoms with Gasteiger partial charge >= 0.3 is 0 Å². The van der Waals surface area contributed by atoms with Crippen LogP contribution in [0.4, 0.5) is 0 Å². The van der Waals surface area contributed by atoms with E-state index in [9.17, 15) is 4.79 Å². The van der Waals surface area contributed by atoms with E-state index in [1.165, 1.54) is 25.7 Å². The lowest BCUT2D eigenvalue weighted by Crippen LogP contribution is -2.50. The van der Waals surface area contributed by atoms with Crippen LogP contribution in [0.2, 0.25) is 0 Å². The molecule has 2 aliphatic rings. The highest BCUT2D eigenvalue weighted by molar-refractivity contribution is 5.81. The van der Waals surface area contributed by atoms with Gasteiger partial charge < -0.3 is 10.6 Å². The molecule has 1 saturated heterocycles. The first-order valence-electron chi connectivity index (χ1n) is 8.11. The molecule has 1 heterocycles. The summed E-state index contributed by atoms with van der Waals surface area (Å²) in [5.74, 6) is 3.53. The van der Waals surface area contributed by atoms with Gasteiger partial charge in [-0.1, -0.05) is 13.8 Å². The molecule has 0 bridgehead atoms. The molecule has 3 heteroatoms. The predicted molar refractivity (Wildman–Crippen MR) is 78.9 cm³/mol. The Balaban J connectivity index is 1.91. The van der Waals surface area contributed by atoms with Crippen LogP contribution in [0, 0.1) is 23.7 Å². The molecule has 0 aromatic heterocycles. The third-order valence-corrected chi connectivity index (χ3v) is 4.99. The molecule has 110 valence electrons. The van der Waals surface area contributed by atoms with Gasteiger partial charge in [-0.3, -0.25) is 4.79 Å². The van der Waals surface area contributed by atoms with E-state index in [4.69, 9.17) is 0 Å². The monoisotopic (exact) mass is 266 g/mol. The van der Waals surface area contributed by atoms with E-state index in [0.717, 1.165) is 43.2 Å². The lowest BCUT2D eigenvalue weighted by atomic mass is 9.68. The van der Waals surface area contributed by atoms with Gasteiger partial charge in [-0.15, -0.1) is 0 Å². The topological polar surface area (TPSA) is 41.1 Å². The standard InChI is InChI=1S/C16H30N2O/c1-4-17-16(19)15-10-13(5-6-18-15)14-8-11(2)7-12(3)9-14/h11-15,18H,4-10H2,1-3H3,(H,17,19). The summed E-state index contributed by atoms with van der Waals surface area (Å²) in [5.41, 5.74) is 0. The zero-order valence-electron chi connectivity index (χ0n) is 12.7. The average Bonchev–Trinajstić information content (AvgIpc) is 2.38. The van der Waals surface area contributed by atoms with Crippen molar-refractivity contribution in [2.24, 2.45) is 23.7 Å². The van der Waals surface area contributed by atoms with Crippen LogP contribution in [0.5, 0.6) is 0 Å². The molecule has 4 atom stereocenters. The van der Waals surface area contributed by atoms with Crippen LogP contribution in [-0.2, 0) is 4.79 Å². The van der Waals surface area contributed by atoms with Gasteiger partial charge in [0.15, 0.2) is 0 Å². The Hall–Kier alpha value is -0.570. The third-order valence-electron chi connectivity index (χ3n) is 4.99. The molecule has 1 saturated carbocycles. The van der Waals surface area contributed by atoms with Gasteiger partial charge in [-0.05, 0) is 69.2 Å². The molecule has 4 unspecified atom stereocenters. The molecule has 3 nitrogen and oxygen atoms in total. The van der Waals surface area contributed by atoms with Crippen molar-refractivity contribution < 1.29 is 4.79 Å². The van der Waals surface area contributed by atoms with Crippen molar-refractivity contribution >= 4 is 5.91 Å². The molecule has 2 fully saturated rings. The molecule has 1 aliphatic carbocycles. The number of hydrogen-bond acceptors (Lipinski definition) is 2. The molecule has 0 aromatic rings. The van der Waals surface area contributed by atoms with Crippen molar-refractivity contribution in [3.63, 3.8) is 0 Å². The summed E-state index contributed by atoms with van der Waals surface area (Å²) in [6, 6.07) is 0.0474. The van der Waals surface area contributed by atoms with Crippen LogP contribution in [0.15, 0.2) is 0 Å². The van der Waals surface area contributed by atoms with E-state index in [-0.39, 0.29) is 11.9 Å². The second-order valence-electron chi connectivity index (χ2n) is 6.86. The molecule has 1 aliphatic heterocycles. The van der Waals surface area contributed by atoms with E-state index in [1.807, 2.05) is 6.92 Å². The Labute approximate surface area is 117 Å². The number of rotatable bonds is 3. The summed E-state index contributed by atoms with van der Waals surface area (Å²) >= 11 is 0. The minimum atomic E-state index is 0.0474. The Kier molecular flexibility index (Phi) is 5.26. The molecule has 19 heavy (non-hydrogen) atoms. The molecule has 1 amide bonds. The number of carbonyl (C=O) groups excluding carboxylic acids is 1. The van der Waals surface area contributed by atoms with Gasteiger partial charge in [0, 0.05) is 6.54 Å². The fourth-order valence-corrected chi connectivity index (χ4v) is 4.27. The zero-order chi connectivity index (χ0) is 13.8. The smallest absolute Gasteiger partial charge is 0.237 e. The van der Waals surface area contributed by atoms with Crippen molar-refractivity contribution in [2.45, 2.75) is 58.9 Å². The van der Waals surface area contributed by atoms with Gasteiger partial charge in [-0.2, -0.15) is 0 Å². The molecular weight excluding hydrogens is 236 g/mol. The summed E-state index contributed by atoms with van der Waals surface area (Å²) in [7, 11) is 0. The van der Waals surface area contributed by atoms with Crippen LogP contribution < -0.4 is 10.6 Å². The van der Waals surface area contributed by atoms with Gasteiger partial charge in [-0.25, -0.2) is 0 Å². The normalized spacial score (nSPS) is 39.8. The van der Waals surface area contributed by atoms with Crippen LogP contribution >= 0.6 is 0 Å². The van der Waals surface area contributed by atoms with Crippen molar-refractivity contribution in [1.29, 1.82) is 0 Å². The molecule has 0 spiro atoms. The third kappa shape index (κ3) is 3.95. The van der Waals surface area contributed by atoms with Gasteiger partial charge in [0.2, 0.25) is 5.91 Å². The number of nitrogens with one attached hydrogen (secondary N) is 2. The molecule has 0 aromatic carbocycles. The lowest BCUT2D eigenvalue weighted by Gasteiger charge is -2.40. The first-order valence-corrected chi connectivity index (χ1v) is 8.11.